The van der Waals surface area contributed by atoms with Crippen LogP contribution >= 0.6 is 0 Å². The van der Waals surface area contributed by atoms with Gasteiger partial charge in [-0.1, -0.05) is 12.1 Å². The van der Waals surface area contributed by atoms with E-state index in [0.29, 0.717) is 18.1 Å². The SMILES string of the molecule is O=S(=O)(NCC1COc2ccccc2O1)c1cn[nH]c1. The molecule has 0 fully saturated rings. The summed E-state index contributed by atoms with van der Waals surface area (Å²) in [5.41, 5.74) is 0. The molecule has 0 spiro atoms. The molecule has 0 saturated carbocycles. The molecule has 1 aromatic heterocycles. The number of ether oxygens (including phenoxy) is 2. The van der Waals surface area contributed by atoms with Crippen LogP contribution in [0.3, 0.4) is 0 Å². The summed E-state index contributed by atoms with van der Waals surface area (Å²) in [6.07, 6.45) is 2.19. The summed E-state index contributed by atoms with van der Waals surface area (Å²) < 4.78 is 37.5. The standard InChI is InChI=1S/C12H13N3O4S/c16-20(17,10-6-13-14-7-10)15-5-9-8-18-11-3-1-2-4-12(11)19-9/h1-4,6-7,9,15H,5,8H2,(H,13,14). The molecule has 0 aliphatic carbocycles. The van der Waals surface area contributed by atoms with Gasteiger partial charge in [-0.05, 0) is 12.1 Å². The summed E-state index contributed by atoms with van der Waals surface area (Å²) in [5, 5.41) is 6.07. The number of rotatable bonds is 4. The summed E-state index contributed by atoms with van der Waals surface area (Å²) in [7, 11) is -3.57. The smallest absolute Gasteiger partial charge is 0.243 e. The quantitative estimate of drug-likeness (QED) is 0.858. The van der Waals surface area contributed by atoms with E-state index < -0.39 is 10.0 Å². The Morgan fingerprint density at radius 3 is 2.90 bits per heavy atom. The second kappa shape index (κ2) is 5.14. The summed E-state index contributed by atoms with van der Waals surface area (Å²) in [6, 6.07) is 7.28. The first-order chi connectivity index (χ1) is 9.65. The van der Waals surface area contributed by atoms with E-state index in [0.717, 1.165) is 0 Å². The van der Waals surface area contributed by atoms with E-state index in [4.69, 9.17) is 9.47 Å². The van der Waals surface area contributed by atoms with Gasteiger partial charge in [-0.3, -0.25) is 5.10 Å². The van der Waals surface area contributed by atoms with Gasteiger partial charge in [0.25, 0.3) is 0 Å². The second-order valence-corrected chi connectivity index (χ2v) is 6.05. The summed E-state index contributed by atoms with van der Waals surface area (Å²) >= 11 is 0. The third-order valence-electron chi connectivity index (χ3n) is 2.85. The van der Waals surface area contributed by atoms with Crippen molar-refractivity contribution in [2.45, 2.75) is 11.0 Å². The van der Waals surface area contributed by atoms with Gasteiger partial charge in [-0.25, -0.2) is 13.1 Å². The minimum Gasteiger partial charge on any atom is -0.486 e. The fourth-order valence-corrected chi connectivity index (χ4v) is 2.81. The molecule has 2 N–H and O–H groups in total. The summed E-state index contributed by atoms with van der Waals surface area (Å²) in [5.74, 6) is 1.28. The predicted octanol–water partition coefficient (Wildman–Crippen LogP) is 0.528. The lowest BCUT2D eigenvalue weighted by molar-refractivity contribution is 0.0943. The van der Waals surface area contributed by atoms with Crippen LogP contribution in [0, 0.1) is 0 Å². The topological polar surface area (TPSA) is 93.3 Å². The minimum absolute atomic E-state index is 0.0922. The number of fused-ring (bicyclic) bond motifs is 1. The van der Waals surface area contributed by atoms with Crippen LogP contribution in [-0.2, 0) is 10.0 Å². The maximum absolute atomic E-state index is 11.9. The van der Waals surface area contributed by atoms with Gasteiger partial charge in [0, 0.05) is 6.20 Å². The molecule has 106 valence electrons. The summed E-state index contributed by atoms with van der Waals surface area (Å²) in [4.78, 5) is 0.0922. The Labute approximate surface area is 116 Å². The molecule has 7 nitrogen and oxygen atoms in total. The first-order valence-electron chi connectivity index (χ1n) is 6.02. The Morgan fingerprint density at radius 2 is 2.15 bits per heavy atom. The molecule has 1 atom stereocenters. The highest BCUT2D eigenvalue weighted by molar-refractivity contribution is 7.89. The van der Waals surface area contributed by atoms with Crippen LogP contribution in [0.5, 0.6) is 11.5 Å². The molecule has 1 aliphatic rings. The van der Waals surface area contributed by atoms with Crippen LogP contribution in [-0.4, -0.2) is 37.9 Å². The number of nitrogens with zero attached hydrogens (tertiary/aromatic N) is 1. The minimum atomic E-state index is -3.57. The third-order valence-corrected chi connectivity index (χ3v) is 4.24. The van der Waals surface area contributed by atoms with E-state index in [2.05, 4.69) is 14.9 Å². The monoisotopic (exact) mass is 295 g/mol. The van der Waals surface area contributed by atoms with Crippen LogP contribution < -0.4 is 14.2 Å². The Morgan fingerprint density at radius 1 is 1.35 bits per heavy atom. The molecule has 3 rings (SSSR count). The second-order valence-electron chi connectivity index (χ2n) is 4.28. The number of aromatic nitrogens is 2. The van der Waals surface area contributed by atoms with Crippen molar-refractivity contribution in [3.8, 4) is 11.5 Å². The normalized spacial score (nSPS) is 17.9. The van der Waals surface area contributed by atoms with Gasteiger partial charge in [0.1, 0.15) is 17.6 Å². The van der Waals surface area contributed by atoms with Crippen LogP contribution in [0.25, 0.3) is 0 Å². The van der Waals surface area contributed by atoms with Crippen molar-refractivity contribution in [3.05, 3.63) is 36.7 Å². The van der Waals surface area contributed by atoms with Crippen molar-refractivity contribution in [1.82, 2.24) is 14.9 Å². The molecule has 20 heavy (non-hydrogen) atoms. The number of para-hydroxylation sites is 2. The average molecular weight is 295 g/mol. The van der Waals surface area contributed by atoms with Crippen molar-refractivity contribution >= 4 is 10.0 Å². The summed E-state index contributed by atoms with van der Waals surface area (Å²) in [6.45, 7) is 0.423. The molecule has 1 aliphatic heterocycles. The average Bonchev–Trinajstić information content (AvgIpc) is 3.00. The van der Waals surface area contributed by atoms with Crippen LogP contribution in [0.1, 0.15) is 0 Å². The zero-order valence-corrected chi connectivity index (χ0v) is 11.3. The number of nitrogens with one attached hydrogen (secondary N) is 2. The number of hydrogen-bond donors (Lipinski definition) is 2. The number of benzene rings is 1. The molecule has 0 amide bonds. The lowest BCUT2D eigenvalue weighted by Gasteiger charge is -2.26. The number of H-pyrrole nitrogens is 1. The van der Waals surface area contributed by atoms with Gasteiger partial charge in [0.05, 0.1) is 12.7 Å². The van der Waals surface area contributed by atoms with E-state index in [1.165, 1.54) is 12.4 Å². The zero-order chi connectivity index (χ0) is 14.0. The Hall–Kier alpha value is -2.06. The molecule has 1 aromatic carbocycles. The Balaban J connectivity index is 1.63. The van der Waals surface area contributed by atoms with E-state index >= 15 is 0 Å². The van der Waals surface area contributed by atoms with Gasteiger partial charge < -0.3 is 9.47 Å². The first kappa shape index (κ1) is 12.9. The van der Waals surface area contributed by atoms with Crippen LogP contribution in [0.15, 0.2) is 41.6 Å². The largest absolute Gasteiger partial charge is 0.486 e. The van der Waals surface area contributed by atoms with E-state index in [9.17, 15) is 8.42 Å². The predicted molar refractivity (Wildman–Crippen MR) is 70.1 cm³/mol. The lowest BCUT2D eigenvalue weighted by atomic mass is 10.2. The highest BCUT2D eigenvalue weighted by atomic mass is 32.2. The van der Waals surface area contributed by atoms with Crippen molar-refractivity contribution in [2.24, 2.45) is 0 Å². The first-order valence-corrected chi connectivity index (χ1v) is 7.50. The number of sulfonamides is 1. The van der Waals surface area contributed by atoms with Crippen LogP contribution in [0.2, 0.25) is 0 Å². The molecular formula is C12H13N3O4S. The molecule has 2 heterocycles. The number of hydrogen-bond acceptors (Lipinski definition) is 5. The fraction of sp³-hybridized carbons (Fsp3) is 0.250. The molecule has 0 saturated heterocycles. The van der Waals surface area contributed by atoms with Crippen molar-refractivity contribution < 1.29 is 17.9 Å². The Kier molecular flexibility index (Phi) is 3.33. The van der Waals surface area contributed by atoms with E-state index in [1.54, 1.807) is 12.1 Å². The van der Waals surface area contributed by atoms with E-state index in [1.807, 2.05) is 12.1 Å². The van der Waals surface area contributed by atoms with E-state index in [-0.39, 0.29) is 17.5 Å². The van der Waals surface area contributed by atoms with Gasteiger partial charge in [-0.2, -0.15) is 5.10 Å². The fourth-order valence-electron chi connectivity index (χ4n) is 1.84. The Bertz CT molecular complexity index is 684. The molecule has 1 unspecified atom stereocenters. The molecule has 2 aromatic rings. The van der Waals surface area contributed by atoms with Gasteiger partial charge in [-0.15, -0.1) is 0 Å². The molecule has 8 heteroatoms. The maximum atomic E-state index is 11.9. The third kappa shape index (κ3) is 2.61. The maximum Gasteiger partial charge on any atom is 0.243 e. The molecule has 0 radical (unpaired) electrons. The van der Waals surface area contributed by atoms with Gasteiger partial charge in [0.15, 0.2) is 11.5 Å². The van der Waals surface area contributed by atoms with Crippen molar-refractivity contribution in [3.63, 3.8) is 0 Å². The molecular weight excluding hydrogens is 282 g/mol. The van der Waals surface area contributed by atoms with Gasteiger partial charge in [0.2, 0.25) is 10.0 Å². The molecule has 0 bridgehead atoms. The lowest BCUT2D eigenvalue weighted by Crippen LogP contribution is -2.40. The van der Waals surface area contributed by atoms with Crippen molar-refractivity contribution in [1.29, 1.82) is 0 Å². The van der Waals surface area contributed by atoms with Crippen LogP contribution in [0.4, 0.5) is 0 Å². The van der Waals surface area contributed by atoms with Gasteiger partial charge >= 0.3 is 0 Å². The zero-order valence-electron chi connectivity index (χ0n) is 10.4. The number of aromatic amines is 1. The highest BCUT2D eigenvalue weighted by Crippen LogP contribution is 2.30. The van der Waals surface area contributed by atoms with Crippen molar-refractivity contribution in [2.75, 3.05) is 13.2 Å². The highest BCUT2D eigenvalue weighted by Gasteiger charge is 2.23.